The first-order valence-corrected chi connectivity index (χ1v) is 6.44. The van der Waals surface area contributed by atoms with Crippen LogP contribution in [0, 0.1) is 20.8 Å². The normalized spacial score (nSPS) is 10.5. The zero-order chi connectivity index (χ0) is 14.0. The summed E-state index contributed by atoms with van der Waals surface area (Å²) >= 11 is 0. The minimum Gasteiger partial charge on any atom is -0.319 e. The van der Waals surface area contributed by atoms with Crippen LogP contribution in [0.4, 0.5) is 5.69 Å². The molecule has 4 heteroatoms. The second-order valence-electron chi connectivity index (χ2n) is 4.73. The second-order valence-corrected chi connectivity index (χ2v) is 4.73. The summed E-state index contributed by atoms with van der Waals surface area (Å²) in [5, 5.41) is 7.15. The van der Waals surface area contributed by atoms with Gasteiger partial charge in [-0.05, 0) is 39.3 Å². The van der Waals surface area contributed by atoms with Gasteiger partial charge in [-0.15, -0.1) is 0 Å². The van der Waals surface area contributed by atoms with E-state index in [-0.39, 0.29) is 5.91 Å². The van der Waals surface area contributed by atoms with Gasteiger partial charge in [-0.2, -0.15) is 5.10 Å². The van der Waals surface area contributed by atoms with Gasteiger partial charge in [0.15, 0.2) is 0 Å². The van der Waals surface area contributed by atoms with Gasteiger partial charge in [0, 0.05) is 12.1 Å². The van der Waals surface area contributed by atoms with Crippen molar-refractivity contribution >= 4 is 11.6 Å². The van der Waals surface area contributed by atoms with Crippen LogP contribution in [0.25, 0.3) is 0 Å². The standard InChI is InChI=1S/C15H19N3O/c1-5-18-12(4)14(9-16-18)17-15(19)13-8-10(2)6-7-11(13)3/h6-9H,5H2,1-4H3,(H,17,19). The van der Waals surface area contributed by atoms with Crippen LogP contribution in [0.3, 0.4) is 0 Å². The smallest absolute Gasteiger partial charge is 0.256 e. The molecule has 1 aromatic heterocycles. The van der Waals surface area contributed by atoms with Crippen LogP contribution in [0.15, 0.2) is 24.4 Å². The van der Waals surface area contributed by atoms with Crippen LogP contribution in [0.1, 0.15) is 34.1 Å². The number of nitrogens with zero attached hydrogens (tertiary/aromatic N) is 2. The number of rotatable bonds is 3. The number of benzene rings is 1. The number of amides is 1. The van der Waals surface area contributed by atoms with Gasteiger partial charge < -0.3 is 5.32 Å². The molecule has 1 N–H and O–H groups in total. The SMILES string of the molecule is CCn1ncc(NC(=O)c2cc(C)ccc2C)c1C. The summed E-state index contributed by atoms with van der Waals surface area (Å²) in [4.78, 5) is 12.3. The molecule has 4 nitrogen and oxygen atoms in total. The van der Waals surface area contributed by atoms with Crippen LogP contribution in [-0.2, 0) is 6.54 Å². The Morgan fingerprint density at radius 2 is 2.05 bits per heavy atom. The third kappa shape index (κ3) is 2.67. The lowest BCUT2D eigenvalue weighted by atomic mass is 10.1. The van der Waals surface area contributed by atoms with E-state index in [4.69, 9.17) is 0 Å². The Balaban J connectivity index is 2.25. The van der Waals surface area contributed by atoms with Gasteiger partial charge in [-0.25, -0.2) is 0 Å². The van der Waals surface area contributed by atoms with E-state index in [2.05, 4.69) is 10.4 Å². The van der Waals surface area contributed by atoms with Crippen molar-refractivity contribution in [2.24, 2.45) is 0 Å². The lowest BCUT2D eigenvalue weighted by molar-refractivity contribution is 0.102. The quantitative estimate of drug-likeness (QED) is 0.918. The molecular formula is C15H19N3O. The summed E-state index contributed by atoms with van der Waals surface area (Å²) < 4.78 is 1.86. The molecule has 0 aliphatic heterocycles. The van der Waals surface area contributed by atoms with Gasteiger partial charge in [0.25, 0.3) is 5.91 Å². The van der Waals surface area contributed by atoms with Crippen LogP contribution in [0.2, 0.25) is 0 Å². The highest BCUT2D eigenvalue weighted by molar-refractivity contribution is 6.05. The lowest BCUT2D eigenvalue weighted by Gasteiger charge is -2.08. The van der Waals surface area contributed by atoms with E-state index in [9.17, 15) is 4.79 Å². The molecule has 0 aliphatic carbocycles. The summed E-state index contributed by atoms with van der Waals surface area (Å²) in [5.74, 6) is -0.0834. The molecule has 0 unspecified atom stereocenters. The fourth-order valence-electron chi connectivity index (χ4n) is 2.06. The molecule has 0 aliphatic rings. The van der Waals surface area contributed by atoms with Gasteiger partial charge in [-0.3, -0.25) is 9.48 Å². The average molecular weight is 257 g/mol. The van der Waals surface area contributed by atoms with Gasteiger partial charge >= 0.3 is 0 Å². The van der Waals surface area contributed by atoms with Crippen molar-refractivity contribution in [1.82, 2.24) is 9.78 Å². The molecule has 19 heavy (non-hydrogen) atoms. The Morgan fingerprint density at radius 3 is 2.68 bits per heavy atom. The van der Waals surface area contributed by atoms with Crippen molar-refractivity contribution < 1.29 is 4.79 Å². The number of hydrogen-bond acceptors (Lipinski definition) is 2. The molecule has 0 radical (unpaired) electrons. The second kappa shape index (κ2) is 5.26. The molecule has 0 saturated heterocycles. The highest BCUT2D eigenvalue weighted by atomic mass is 16.1. The molecule has 1 aromatic carbocycles. The molecule has 0 fully saturated rings. The maximum Gasteiger partial charge on any atom is 0.256 e. The largest absolute Gasteiger partial charge is 0.319 e. The zero-order valence-electron chi connectivity index (χ0n) is 11.8. The summed E-state index contributed by atoms with van der Waals surface area (Å²) in [6.07, 6.45) is 1.70. The van der Waals surface area contributed by atoms with Crippen molar-refractivity contribution in [3.05, 3.63) is 46.8 Å². The van der Waals surface area contributed by atoms with E-state index in [1.54, 1.807) is 6.20 Å². The molecule has 2 rings (SSSR count). The molecular weight excluding hydrogens is 238 g/mol. The van der Waals surface area contributed by atoms with Crippen molar-refractivity contribution in [3.8, 4) is 0 Å². The molecule has 0 saturated carbocycles. The molecule has 0 bridgehead atoms. The fraction of sp³-hybridized carbons (Fsp3) is 0.333. The molecule has 1 heterocycles. The van der Waals surface area contributed by atoms with E-state index in [1.165, 1.54) is 0 Å². The minimum atomic E-state index is -0.0834. The monoisotopic (exact) mass is 257 g/mol. The van der Waals surface area contributed by atoms with Crippen LogP contribution in [0.5, 0.6) is 0 Å². The summed E-state index contributed by atoms with van der Waals surface area (Å²) in [5.41, 5.74) is 4.51. The first-order valence-electron chi connectivity index (χ1n) is 6.44. The summed E-state index contributed by atoms with van der Waals surface area (Å²) in [6.45, 7) is 8.70. The fourth-order valence-corrected chi connectivity index (χ4v) is 2.06. The van der Waals surface area contributed by atoms with Crippen LogP contribution >= 0.6 is 0 Å². The van der Waals surface area contributed by atoms with E-state index >= 15 is 0 Å². The number of aryl methyl sites for hydroxylation is 3. The van der Waals surface area contributed by atoms with Crippen LogP contribution < -0.4 is 5.32 Å². The first kappa shape index (κ1) is 13.3. The van der Waals surface area contributed by atoms with Crippen molar-refractivity contribution in [2.75, 3.05) is 5.32 Å². The third-order valence-electron chi connectivity index (χ3n) is 3.29. The predicted molar refractivity (Wildman–Crippen MR) is 76.5 cm³/mol. The highest BCUT2D eigenvalue weighted by Gasteiger charge is 2.12. The summed E-state index contributed by atoms with van der Waals surface area (Å²) in [6, 6.07) is 5.88. The van der Waals surface area contributed by atoms with E-state index < -0.39 is 0 Å². The number of anilines is 1. The highest BCUT2D eigenvalue weighted by Crippen LogP contribution is 2.17. The Hall–Kier alpha value is -2.10. The number of aromatic nitrogens is 2. The van der Waals surface area contributed by atoms with E-state index in [0.29, 0.717) is 5.56 Å². The Kier molecular flexibility index (Phi) is 3.69. The van der Waals surface area contributed by atoms with Gasteiger partial charge in [0.1, 0.15) is 0 Å². The first-order chi connectivity index (χ1) is 9.02. The van der Waals surface area contributed by atoms with Gasteiger partial charge in [0.05, 0.1) is 17.6 Å². The average Bonchev–Trinajstić information content (AvgIpc) is 2.73. The third-order valence-corrected chi connectivity index (χ3v) is 3.29. The molecule has 1 amide bonds. The Bertz CT molecular complexity index is 614. The molecule has 100 valence electrons. The zero-order valence-corrected chi connectivity index (χ0v) is 11.8. The van der Waals surface area contributed by atoms with Crippen LogP contribution in [-0.4, -0.2) is 15.7 Å². The lowest BCUT2D eigenvalue weighted by Crippen LogP contribution is -2.14. The van der Waals surface area contributed by atoms with Crippen molar-refractivity contribution in [1.29, 1.82) is 0 Å². The van der Waals surface area contributed by atoms with Crippen molar-refractivity contribution in [3.63, 3.8) is 0 Å². The van der Waals surface area contributed by atoms with E-state index in [1.807, 2.05) is 50.6 Å². The number of carbonyl (C=O) groups excluding carboxylic acids is 1. The maximum absolute atomic E-state index is 12.3. The van der Waals surface area contributed by atoms with Crippen molar-refractivity contribution in [2.45, 2.75) is 34.2 Å². The molecule has 0 atom stereocenters. The number of carbonyl (C=O) groups is 1. The topological polar surface area (TPSA) is 46.9 Å². The minimum absolute atomic E-state index is 0.0834. The van der Waals surface area contributed by atoms with Gasteiger partial charge in [-0.1, -0.05) is 17.7 Å². The number of nitrogens with one attached hydrogen (secondary N) is 1. The Labute approximate surface area is 113 Å². The predicted octanol–water partition coefficient (Wildman–Crippen LogP) is 3.08. The van der Waals surface area contributed by atoms with E-state index in [0.717, 1.165) is 29.1 Å². The number of hydrogen-bond donors (Lipinski definition) is 1. The Morgan fingerprint density at radius 1 is 1.32 bits per heavy atom. The summed E-state index contributed by atoms with van der Waals surface area (Å²) in [7, 11) is 0. The van der Waals surface area contributed by atoms with Gasteiger partial charge in [0.2, 0.25) is 0 Å². The molecule has 0 spiro atoms. The molecule has 2 aromatic rings. The maximum atomic E-state index is 12.3.